The van der Waals surface area contributed by atoms with Gasteiger partial charge in [-0.15, -0.1) is 0 Å². The zero-order valence-electron chi connectivity index (χ0n) is 8.62. The summed E-state index contributed by atoms with van der Waals surface area (Å²) in [7, 11) is 0. The highest BCUT2D eigenvalue weighted by Gasteiger charge is 2.08. The minimum absolute atomic E-state index is 0.0463. The standard InChI is InChI=1S/C4H6O2.C4H4O2.C2H6/c2*5-4-2-1-3-6-4;1-2/h1-3H2;1-2H,3H2;1-2H3. The van der Waals surface area contributed by atoms with Gasteiger partial charge in [0.1, 0.15) is 6.61 Å². The monoisotopic (exact) mass is 200 g/mol. The van der Waals surface area contributed by atoms with Crippen LogP contribution in [0.15, 0.2) is 12.2 Å². The van der Waals surface area contributed by atoms with Crippen LogP contribution in [-0.4, -0.2) is 25.2 Å². The third-order valence-electron chi connectivity index (χ3n) is 1.36. The molecule has 1 saturated heterocycles. The van der Waals surface area contributed by atoms with Crippen molar-refractivity contribution in [2.75, 3.05) is 13.2 Å². The van der Waals surface area contributed by atoms with Gasteiger partial charge in [0.15, 0.2) is 0 Å². The van der Waals surface area contributed by atoms with E-state index in [-0.39, 0.29) is 11.9 Å². The van der Waals surface area contributed by atoms with Crippen molar-refractivity contribution in [1.29, 1.82) is 0 Å². The highest BCUT2D eigenvalue weighted by molar-refractivity contribution is 5.83. The number of carbonyl (C=O) groups is 2. The van der Waals surface area contributed by atoms with Gasteiger partial charge < -0.3 is 9.47 Å². The second kappa shape index (κ2) is 8.29. The van der Waals surface area contributed by atoms with Crippen LogP contribution in [-0.2, 0) is 19.1 Å². The van der Waals surface area contributed by atoms with Gasteiger partial charge in [-0.2, -0.15) is 0 Å². The fourth-order valence-electron chi connectivity index (χ4n) is 0.797. The number of esters is 2. The lowest BCUT2D eigenvalue weighted by Crippen LogP contribution is -1.89. The Labute approximate surface area is 83.9 Å². The van der Waals surface area contributed by atoms with Gasteiger partial charge >= 0.3 is 11.9 Å². The molecule has 80 valence electrons. The fraction of sp³-hybridized carbons (Fsp3) is 0.600. The van der Waals surface area contributed by atoms with Gasteiger partial charge in [-0.25, -0.2) is 4.79 Å². The van der Waals surface area contributed by atoms with Crippen molar-refractivity contribution in [1.82, 2.24) is 0 Å². The maximum absolute atomic E-state index is 10.0. The van der Waals surface area contributed by atoms with Crippen molar-refractivity contribution in [3.05, 3.63) is 12.2 Å². The second-order valence-corrected chi connectivity index (χ2v) is 2.36. The maximum atomic E-state index is 10.0. The molecule has 0 aromatic carbocycles. The molecule has 0 atom stereocenters. The quantitative estimate of drug-likeness (QED) is 0.555. The zero-order chi connectivity index (χ0) is 10.8. The Bertz CT molecular complexity index is 200. The lowest BCUT2D eigenvalue weighted by molar-refractivity contribution is -0.138. The second-order valence-electron chi connectivity index (χ2n) is 2.36. The highest BCUT2D eigenvalue weighted by Crippen LogP contribution is 2.01. The number of cyclic esters (lactones) is 2. The largest absolute Gasteiger partial charge is 0.466 e. The molecule has 1 fully saturated rings. The first-order valence-corrected chi connectivity index (χ1v) is 4.78. The molecule has 0 amide bonds. The van der Waals surface area contributed by atoms with Crippen molar-refractivity contribution >= 4 is 11.9 Å². The van der Waals surface area contributed by atoms with Crippen LogP contribution in [0.2, 0.25) is 0 Å². The lowest BCUT2D eigenvalue weighted by Gasteiger charge is -1.81. The molecule has 4 nitrogen and oxygen atoms in total. The van der Waals surface area contributed by atoms with Crippen molar-refractivity contribution in [2.45, 2.75) is 26.7 Å². The Morgan fingerprint density at radius 2 is 1.93 bits per heavy atom. The van der Waals surface area contributed by atoms with E-state index >= 15 is 0 Å². The Morgan fingerprint density at radius 3 is 2.07 bits per heavy atom. The van der Waals surface area contributed by atoms with E-state index in [4.69, 9.17) is 0 Å². The van der Waals surface area contributed by atoms with E-state index in [9.17, 15) is 9.59 Å². The van der Waals surface area contributed by atoms with E-state index in [0.717, 1.165) is 6.42 Å². The molecular weight excluding hydrogens is 184 g/mol. The van der Waals surface area contributed by atoms with E-state index in [1.807, 2.05) is 13.8 Å². The predicted molar refractivity (Wildman–Crippen MR) is 51.6 cm³/mol. The lowest BCUT2D eigenvalue weighted by atomic mass is 10.4. The first kappa shape index (κ1) is 12.7. The summed E-state index contributed by atoms with van der Waals surface area (Å²) in [6, 6.07) is 0. The van der Waals surface area contributed by atoms with Gasteiger partial charge in [-0.05, 0) is 12.5 Å². The van der Waals surface area contributed by atoms with Crippen molar-refractivity contribution in [2.24, 2.45) is 0 Å². The van der Waals surface area contributed by atoms with Gasteiger partial charge in [0.25, 0.3) is 0 Å². The summed E-state index contributed by atoms with van der Waals surface area (Å²) >= 11 is 0. The van der Waals surface area contributed by atoms with Crippen LogP contribution in [0.5, 0.6) is 0 Å². The van der Waals surface area contributed by atoms with Gasteiger partial charge in [-0.1, -0.05) is 13.8 Å². The molecule has 2 aliphatic heterocycles. The van der Waals surface area contributed by atoms with Crippen molar-refractivity contribution in [3.63, 3.8) is 0 Å². The smallest absolute Gasteiger partial charge is 0.330 e. The van der Waals surface area contributed by atoms with Crippen LogP contribution in [0, 0.1) is 0 Å². The number of ether oxygens (including phenoxy) is 2. The van der Waals surface area contributed by atoms with Gasteiger partial charge in [0.2, 0.25) is 0 Å². The number of hydrogen-bond donors (Lipinski definition) is 0. The summed E-state index contributed by atoms with van der Waals surface area (Å²) in [4.78, 5) is 20.0. The molecule has 0 radical (unpaired) electrons. The molecule has 2 heterocycles. The molecule has 0 aliphatic carbocycles. The molecule has 0 unspecified atom stereocenters. The van der Waals surface area contributed by atoms with Gasteiger partial charge in [0, 0.05) is 12.5 Å². The van der Waals surface area contributed by atoms with E-state index in [1.165, 1.54) is 6.08 Å². The average Bonchev–Trinajstić information content (AvgIpc) is 2.83. The summed E-state index contributed by atoms with van der Waals surface area (Å²) in [5.41, 5.74) is 0. The van der Waals surface area contributed by atoms with E-state index < -0.39 is 0 Å². The van der Waals surface area contributed by atoms with E-state index in [2.05, 4.69) is 9.47 Å². The fourth-order valence-corrected chi connectivity index (χ4v) is 0.797. The van der Waals surface area contributed by atoms with Crippen LogP contribution >= 0.6 is 0 Å². The first-order valence-electron chi connectivity index (χ1n) is 4.78. The Balaban J connectivity index is 0.000000206. The van der Waals surface area contributed by atoms with E-state index in [1.54, 1.807) is 6.08 Å². The summed E-state index contributed by atoms with van der Waals surface area (Å²) in [6.45, 7) is 5.09. The van der Waals surface area contributed by atoms with Crippen molar-refractivity contribution < 1.29 is 19.1 Å². The first-order chi connectivity index (χ1) is 6.79. The van der Waals surface area contributed by atoms with Crippen LogP contribution in [0.4, 0.5) is 0 Å². The number of rotatable bonds is 0. The summed E-state index contributed by atoms with van der Waals surface area (Å²) in [5.74, 6) is -0.273. The predicted octanol–water partition coefficient (Wildman–Crippen LogP) is 1.45. The number of hydrogen-bond acceptors (Lipinski definition) is 4. The molecule has 0 bridgehead atoms. The van der Waals surface area contributed by atoms with Crippen LogP contribution in [0.25, 0.3) is 0 Å². The van der Waals surface area contributed by atoms with E-state index in [0.29, 0.717) is 19.6 Å². The molecule has 0 aromatic rings. The topological polar surface area (TPSA) is 52.6 Å². The molecule has 0 saturated carbocycles. The number of carbonyl (C=O) groups excluding carboxylic acids is 2. The van der Waals surface area contributed by atoms with Crippen LogP contribution in [0.1, 0.15) is 26.7 Å². The minimum Gasteiger partial charge on any atom is -0.466 e. The molecule has 0 aromatic heterocycles. The van der Waals surface area contributed by atoms with Gasteiger partial charge in [-0.3, -0.25) is 4.79 Å². The maximum Gasteiger partial charge on any atom is 0.330 e. The average molecular weight is 200 g/mol. The summed E-state index contributed by atoms with van der Waals surface area (Å²) < 4.78 is 8.92. The molecule has 2 aliphatic rings. The third kappa shape index (κ3) is 6.22. The molecule has 0 spiro atoms. The minimum atomic E-state index is -0.227. The normalized spacial score (nSPS) is 17.3. The highest BCUT2D eigenvalue weighted by atomic mass is 16.5. The molecule has 2 rings (SSSR count). The Hall–Kier alpha value is -1.32. The third-order valence-corrected chi connectivity index (χ3v) is 1.36. The molecular formula is C10H16O4. The summed E-state index contributed by atoms with van der Waals surface area (Å²) in [5, 5.41) is 0. The zero-order valence-corrected chi connectivity index (χ0v) is 8.62. The Morgan fingerprint density at radius 1 is 1.21 bits per heavy atom. The molecule has 14 heavy (non-hydrogen) atoms. The van der Waals surface area contributed by atoms with Gasteiger partial charge in [0.05, 0.1) is 6.61 Å². The SMILES string of the molecule is CC.O=C1C=CCO1.O=C1CCCO1. The summed E-state index contributed by atoms with van der Waals surface area (Å²) in [6.07, 6.45) is 4.64. The van der Waals surface area contributed by atoms with Crippen LogP contribution < -0.4 is 0 Å². The van der Waals surface area contributed by atoms with Crippen molar-refractivity contribution in [3.8, 4) is 0 Å². The van der Waals surface area contributed by atoms with Crippen LogP contribution in [0.3, 0.4) is 0 Å². The Kier molecular flexibility index (Phi) is 7.50. The molecule has 0 N–H and O–H groups in total. The molecule has 4 heteroatoms.